The number of nitrogens with one attached hydrogen (secondary N) is 1. The van der Waals surface area contributed by atoms with Crippen LogP contribution in [-0.4, -0.2) is 59.0 Å². The van der Waals surface area contributed by atoms with Crippen LogP contribution < -0.4 is 10.1 Å². The van der Waals surface area contributed by atoms with Crippen LogP contribution in [0.15, 0.2) is 47.4 Å². The predicted molar refractivity (Wildman–Crippen MR) is 135 cm³/mol. The first kappa shape index (κ1) is 25.7. The molecule has 2 aliphatic rings. The largest absolute Gasteiger partial charge is 0.482 e. The molecule has 0 bridgehead atoms. The molecule has 2 fully saturated rings. The Balaban J connectivity index is 1.34. The summed E-state index contributed by atoms with van der Waals surface area (Å²) in [5.41, 5.74) is 0.981. The summed E-state index contributed by atoms with van der Waals surface area (Å²) in [5.74, 6) is -1.36. The molecule has 2 heterocycles. The maximum absolute atomic E-state index is 13.0. The molecular weight excluding hydrogens is 509 g/mol. The van der Waals surface area contributed by atoms with Crippen LogP contribution in [0.2, 0.25) is 5.02 Å². The lowest BCUT2D eigenvalue weighted by molar-refractivity contribution is -0.136. The fourth-order valence-corrected chi connectivity index (χ4v) is 4.85. The molecule has 0 saturated carbocycles. The van der Waals surface area contributed by atoms with E-state index in [0.717, 1.165) is 35.9 Å². The van der Waals surface area contributed by atoms with E-state index in [9.17, 15) is 23.6 Å². The van der Waals surface area contributed by atoms with Gasteiger partial charge < -0.3 is 15.0 Å². The highest BCUT2D eigenvalue weighted by Gasteiger charge is 2.37. The van der Waals surface area contributed by atoms with Gasteiger partial charge in [0, 0.05) is 18.8 Å². The number of anilines is 1. The molecule has 2 aliphatic heterocycles. The van der Waals surface area contributed by atoms with E-state index in [-0.39, 0.29) is 34.7 Å². The smallest absolute Gasteiger partial charge is 0.294 e. The molecule has 0 atom stereocenters. The minimum absolute atomic E-state index is 0.190. The van der Waals surface area contributed by atoms with Crippen molar-refractivity contribution in [3.63, 3.8) is 0 Å². The van der Waals surface area contributed by atoms with E-state index in [0.29, 0.717) is 24.3 Å². The van der Waals surface area contributed by atoms with Gasteiger partial charge in [-0.3, -0.25) is 24.1 Å². The van der Waals surface area contributed by atoms with E-state index >= 15 is 0 Å². The Morgan fingerprint density at radius 2 is 1.81 bits per heavy atom. The minimum atomic E-state index is -0.524. The zero-order valence-corrected chi connectivity index (χ0v) is 20.7. The molecule has 8 nitrogen and oxygen atoms in total. The molecular formula is C25H23ClFN3O5S. The van der Waals surface area contributed by atoms with Gasteiger partial charge in [0.1, 0.15) is 18.1 Å². The van der Waals surface area contributed by atoms with Crippen LogP contribution in [0, 0.1) is 5.82 Å². The molecule has 11 heteroatoms. The lowest BCUT2D eigenvalue weighted by atomic mass is 10.1. The zero-order valence-electron chi connectivity index (χ0n) is 19.2. The first-order valence-corrected chi connectivity index (χ1v) is 12.5. The van der Waals surface area contributed by atoms with Gasteiger partial charge in [0.05, 0.1) is 9.93 Å². The fraction of sp³-hybridized carbons (Fsp3) is 0.280. The average Bonchev–Trinajstić information content (AvgIpc) is 3.12. The number of nitrogens with zero attached hydrogens (tertiary/aromatic N) is 2. The van der Waals surface area contributed by atoms with Crippen molar-refractivity contribution in [1.29, 1.82) is 0 Å². The third-order valence-electron chi connectivity index (χ3n) is 5.62. The lowest BCUT2D eigenvalue weighted by Crippen LogP contribution is -2.44. The maximum atomic E-state index is 13.0. The average molecular weight is 532 g/mol. The van der Waals surface area contributed by atoms with Gasteiger partial charge in [-0.2, -0.15) is 0 Å². The normalized spacial score (nSPS) is 17.0. The summed E-state index contributed by atoms with van der Waals surface area (Å²) in [5, 5.41) is 2.29. The second kappa shape index (κ2) is 11.6. The SMILES string of the molecule is O=C(COc1ccc(/C=C2\SC(=O)N(CC(=O)N3CCCCC3)C2=O)cc1Cl)Nc1ccc(F)cc1. The van der Waals surface area contributed by atoms with Crippen molar-refractivity contribution in [2.45, 2.75) is 19.3 Å². The molecule has 0 spiro atoms. The van der Waals surface area contributed by atoms with Gasteiger partial charge in [-0.25, -0.2) is 4.39 Å². The third-order valence-corrected chi connectivity index (χ3v) is 6.82. The van der Waals surface area contributed by atoms with Crippen molar-refractivity contribution in [1.82, 2.24) is 9.80 Å². The summed E-state index contributed by atoms with van der Waals surface area (Å²) >= 11 is 7.05. The molecule has 36 heavy (non-hydrogen) atoms. The topological polar surface area (TPSA) is 96.0 Å². The van der Waals surface area contributed by atoms with E-state index in [1.165, 1.54) is 30.3 Å². The monoisotopic (exact) mass is 531 g/mol. The number of benzene rings is 2. The van der Waals surface area contributed by atoms with E-state index in [1.54, 1.807) is 23.1 Å². The van der Waals surface area contributed by atoms with Gasteiger partial charge in [-0.1, -0.05) is 17.7 Å². The predicted octanol–water partition coefficient (Wildman–Crippen LogP) is 4.55. The van der Waals surface area contributed by atoms with Crippen LogP contribution >= 0.6 is 23.4 Å². The maximum Gasteiger partial charge on any atom is 0.294 e. The first-order chi connectivity index (χ1) is 17.3. The second-order valence-corrected chi connectivity index (χ2v) is 9.64. The Hall–Kier alpha value is -3.37. The molecule has 0 aromatic heterocycles. The van der Waals surface area contributed by atoms with Crippen LogP contribution in [0.5, 0.6) is 5.75 Å². The molecule has 2 aromatic carbocycles. The highest BCUT2D eigenvalue weighted by atomic mass is 35.5. The third kappa shape index (κ3) is 6.44. The summed E-state index contributed by atoms with van der Waals surface area (Å²) in [4.78, 5) is 52.5. The quantitative estimate of drug-likeness (QED) is 0.527. The van der Waals surface area contributed by atoms with Crippen LogP contribution in [0.4, 0.5) is 14.9 Å². The Morgan fingerprint density at radius 3 is 2.50 bits per heavy atom. The number of imide groups is 1. The summed E-state index contributed by atoms with van der Waals surface area (Å²) in [6, 6.07) is 10.0. The molecule has 2 aromatic rings. The summed E-state index contributed by atoms with van der Waals surface area (Å²) in [6.07, 6.45) is 4.44. The van der Waals surface area contributed by atoms with E-state index in [4.69, 9.17) is 16.3 Å². The van der Waals surface area contributed by atoms with Gasteiger partial charge in [0.15, 0.2) is 6.61 Å². The van der Waals surface area contributed by atoms with Crippen LogP contribution in [-0.2, 0) is 14.4 Å². The van der Waals surface area contributed by atoms with Crippen molar-refractivity contribution in [2.24, 2.45) is 0 Å². The van der Waals surface area contributed by atoms with Gasteiger partial charge in [-0.15, -0.1) is 0 Å². The molecule has 0 radical (unpaired) electrons. The van der Waals surface area contributed by atoms with Crippen molar-refractivity contribution in [3.8, 4) is 5.75 Å². The molecule has 2 saturated heterocycles. The van der Waals surface area contributed by atoms with Crippen molar-refractivity contribution in [2.75, 3.05) is 31.6 Å². The highest BCUT2D eigenvalue weighted by molar-refractivity contribution is 8.18. The van der Waals surface area contributed by atoms with Crippen molar-refractivity contribution >= 4 is 58.1 Å². The lowest BCUT2D eigenvalue weighted by Gasteiger charge is -2.27. The Kier molecular flexibility index (Phi) is 8.27. The van der Waals surface area contributed by atoms with E-state index < -0.39 is 22.9 Å². The first-order valence-electron chi connectivity index (χ1n) is 11.3. The van der Waals surface area contributed by atoms with Gasteiger partial charge >= 0.3 is 0 Å². The van der Waals surface area contributed by atoms with Gasteiger partial charge in [0.2, 0.25) is 5.91 Å². The van der Waals surface area contributed by atoms with Gasteiger partial charge in [0.25, 0.3) is 17.1 Å². The number of rotatable bonds is 7. The Labute approximate surface area is 216 Å². The number of thioether (sulfide) groups is 1. The number of ether oxygens (including phenoxy) is 1. The number of amides is 4. The summed E-state index contributed by atoms with van der Waals surface area (Å²) in [6.45, 7) is 0.702. The number of hydrogen-bond donors (Lipinski definition) is 1. The van der Waals surface area contributed by atoms with Crippen molar-refractivity contribution in [3.05, 3.63) is 63.8 Å². The number of likely N-dealkylation sites (tertiary alicyclic amines) is 1. The summed E-state index contributed by atoms with van der Waals surface area (Å²) in [7, 11) is 0. The number of carbonyl (C=O) groups excluding carboxylic acids is 4. The molecule has 1 N–H and O–H groups in total. The van der Waals surface area contributed by atoms with Crippen LogP contribution in [0.25, 0.3) is 6.08 Å². The number of halogens is 2. The van der Waals surface area contributed by atoms with E-state index in [2.05, 4.69) is 5.32 Å². The second-order valence-electron chi connectivity index (χ2n) is 8.24. The van der Waals surface area contributed by atoms with Crippen LogP contribution in [0.1, 0.15) is 24.8 Å². The fourth-order valence-electron chi connectivity index (χ4n) is 3.76. The Morgan fingerprint density at radius 1 is 1.08 bits per heavy atom. The zero-order chi connectivity index (χ0) is 25.7. The standard InChI is InChI=1S/C25H23ClFN3O5S/c26-19-12-16(4-9-20(19)35-15-22(31)28-18-7-5-17(27)6-8-18)13-21-24(33)30(25(34)36-21)14-23(32)29-10-2-1-3-11-29/h4-9,12-13H,1-3,10-11,14-15H2,(H,28,31)/b21-13-. The Bertz CT molecular complexity index is 1210. The molecule has 0 unspecified atom stereocenters. The van der Waals surface area contributed by atoms with Gasteiger partial charge in [-0.05, 0) is 79.1 Å². The van der Waals surface area contributed by atoms with E-state index in [1.807, 2.05) is 0 Å². The molecule has 4 rings (SSSR count). The molecule has 4 amide bonds. The molecule has 188 valence electrons. The number of piperidine rings is 1. The van der Waals surface area contributed by atoms with Crippen molar-refractivity contribution < 1.29 is 28.3 Å². The minimum Gasteiger partial charge on any atom is -0.482 e. The summed E-state index contributed by atoms with van der Waals surface area (Å²) < 4.78 is 18.4. The van der Waals surface area contributed by atoms with Crippen LogP contribution in [0.3, 0.4) is 0 Å². The number of hydrogen-bond acceptors (Lipinski definition) is 6. The highest BCUT2D eigenvalue weighted by Crippen LogP contribution is 2.34. The molecule has 0 aliphatic carbocycles. The number of carbonyl (C=O) groups is 4.